The summed E-state index contributed by atoms with van der Waals surface area (Å²) in [6.45, 7) is 9.13. The van der Waals surface area contributed by atoms with Crippen LogP contribution in [0.2, 0.25) is 0 Å². The van der Waals surface area contributed by atoms with E-state index in [1.54, 1.807) is 12.1 Å². The summed E-state index contributed by atoms with van der Waals surface area (Å²) in [5.74, 6) is 0.399. The third-order valence-corrected chi connectivity index (χ3v) is 3.59. The first kappa shape index (κ1) is 17.1. The fraction of sp³-hybridized carbons (Fsp3) is 0.562. The van der Waals surface area contributed by atoms with Crippen LogP contribution in [0.4, 0.5) is 11.4 Å². The minimum absolute atomic E-state index is 0.00662. The molecule has 0 atom stereocenters. The Kier molecular flexibility index (Phi) is 6.34. The Balaban J connectivity index is 3.34. The Labute approximate surface area is 126 Å². The van der Waals surface area contributed by atoms with E-state index in [2.05, 4.69) is 32.6 Å². The number of nitro benzene ring substituents is 1. The number of benzene rings is 1. The van der Waals surface area contributed by atoms with E-state index in [-0.39, 0.29) is 11.7 Å². The summed E-state index contributed by atoms with van der Waals surface area (Å²) < 4.78 is 0. The van der Waals surface area contributed by atoms with Gasteiger partial charge in [-0.05, 0) is 30.9 Å². The van der Waals surface area contributed by atoms with Crippen molar-refractivity contribution in [1.29, 1.82) is 0 Å². The molecule has 21 heavy (non-hydrogen) atoms. The van der Waals surface area contributed by atoms with Crippen LogP contribution in [0.1, 0.15) is 50.9 Å². The molecule has 0 amide bonds. The molecule has 1 aromatic rings. The molecule has 0 spiro atoms. The number of nitro groups is 1. The van der Waals surface area contributed by atoms with Crippen LogP contribution in [0.15, 0.2) is 18.2 Å². The smallest absolute Gasteiger partial charge is 0.293 e. The second-order valence-corrected chi connectivity index (χ2v) is 5.64. The molecule has 0 aliphatic carbocycles. The topological polar surface area (TPSA) is 63.5 Å². The van der Waals surface area contributed by atoms with E-state index < -0.39 is 4.92 Å². The highest BCUT2D eigenvalue weighted by atomic mass is 16.6. The van der Waals surface area contributed by atoms with E-state index in [0.717, 1.165) is 19.4 Å². The van der Waals surface area contributed by atoms with E-state index in [9.17, 15) is 14.9 Å². The van der Waals surface area contributed by atoms with Gasteiger partial charge in [-0.2, -0.15) is 0 Å². The second-order valence-electron chi connectivity index (χ2n) is 5.64. The Morgan fingerprint density at radius 2 is 1.90 bits per heavy atom. The molecule has 1 rings (SSSR count). The van der Waals surface area contributed by atoms with Gasteiger partial charge in [0.25, 0.3) is 5.69 Å². The van der Waals surface area contributed by atoms with Gasteiger partial charge in [-0.25, -0.2) is 0 Å². The van der Waals surface area contributed by atoms with Gasteiger partial charge in [0.15, 0.2) is 0 Å². The molecule has 5 nitrogen and oxygen atoms in total. The monoisotopic (exact) mass is 292 g/mol. The van der Waals surface area contributed by atoms with E-state index in [1.165, 1.54) is 6.07 Å². The van der Waals surface area contributed by atoms with Gasteiger partial charge in [-0.15, -0.1) is 0 Å². The van der Waals surface area contributed by atoms with Gasteiger partial charge in [-0.1, -0.05) is 27.7 Å². The summed E-state index contributed by atoms with van der Waals surface area (Å²) >= 11 is 0. The Hall–Kier alpha value is -1.91. The van der Waals surface area contributed by atoms with Gasteiger partial charge in [0.2, 0.25) is 0 Å². The van der Waals surface area contributed by atoms with Crippen LogP contribution in [0.3, 0.4) is 0 Å². The summed E-state index contributed by atoms with van der Waals surface area (Å²) in [5, 5.41) is 11.3. The Morgan fingerprint density at radius 1 is 1.29 bits per heavy atom. The number of anilines is 1. The molecular formula is C16H24N2O3. The van der Waals surface area contributed by atoms with Crippen molar-refractivity contribution in [2.24, 2.45) is 5.92 Å². The number of nitrogens with zero attached hydrogens (tertiary/aromatic N) is 2. The molecule has 0 heterocycles. The average Bonchev–Trinajstić information content (AvgIpc) is 2.46. The van der Waals surface area contributed by atoms with Crippen molar-refractivity contribution in [2.45, 2.75) is 46.6 Å². The number of hydrogen-bond acceptors (Lipinski definition) is 4. The molecule has 0 bridgehead atoms. The van der Waals surface area contributed by atoms with Crippen molar-refractivity contribution < 1.29 is 9.72 Å². The zero-order valence-electron chi connectivity index (χ0n) is 13.2. The molecule has 0 N–H and O–H groups in total. The summed E-state index contributed by atoms with van der Waals surface area (Å²) in [6.07, 6.45) is 2.49. The first-order chi connectivity index (χ1) is 9.94. The van der Waals surface area contributed by atoms with Crippen molar-refractivity contribution >= 4 is 17.7 Å². The van der Waals surface area contributed by atoms with Crippen LogP contribution < -0.4 is 4.90 Å². The number of rotatable bonds is 8. The second kappa shape index (κ2) is 7.76. The number of carbonyl (C=O) groups excluding carboxylic acids is 1. The van der Waals surface area contributed by atoms with E-state index in [1.807, 2.05) is 0 Å². The van der Waals surface area contributed by atoms with Crippen LogP contribution in [0.25, 0.3) is 0 Å². The van der Waals surface area contributed by atoms with Crippen molar-refractivity contribution in [3.05, 3.63) is 33.9 Å². The normalized spacial score (nSPS) is 11.0. The average molecular weight is 292 g/mol. The molecule has 0 fully saturated rings. The summed E-state index contributed by atoms with van der Waals surface area (Å²) in [4.78, 5) is 23.9. The fourth-order valence-electron chi connectivity index (χ4n) is 2.57. The van der Waals surface area contributed by atoms with Crippen LogP contribution >= 0.6 is 0 Å². The zero-order valence-corrected chi connectivity index (χ0v) is 13.2. The Bertz CT molecular complexity index is 496. The lowest BCUT2D eigenvalue weighted by Crippen LogP contribution is -2.37. The molecule has 0 unspecified atom stereocenters. The minimum Gasteiger partial charge on any atom is -0.363 e. The van der Waals surface area contributed by atoms with Gasteiger partial charge < -0.3 is 4.90 Å². The maximum atomic E-state index is 11.3. The molecule has 0 radical (unpaired) electrons. The molecule has 0 saturated heterocycles. The van der Waals surface area contributed by atoms with Gasteiger partial charge in [-0.3, -0.25) is 14.9 Å². The first-order valence-electron chi connectivity index (χ1n) is 7.44. The maximum Gasteiger partial charge on any atom is 0.293 e. The van der Waals surface area contributed by atoms with Crippen molar-refractivity contribution in [3.63, 3.8) is 0 Å². The zero-order chi connectivity index (χ0) is 16.0. The lowest BCUT2D eigenvalue weighted by Gasteiger charge is -2.33. The van der Waals surface area contributed by atoms with Crippen LogP contribution in [-0.4, -0.2) is 23.8 Å². The predicted octanol–water partition coefficient (Wildman–Crippen LogP) is 4.06. The third kappa shape index (κ3) is 4.28. The number of carbonyl (C=O) groups is 1. The van der Waals surface area contributed by atoms with Crippen molar-refractivity contribution in [1.82, 2.24) is 0 Å². The SMILES string of the molecule is CCC(CC)N(CC(C)C)c1ccc(C=O)cc1[N+](=O)[O-]. The molecule has 5 heteroatoms. The molecule has 0 aromatic heterocycles. The minimum atomic E-state index is -0.405. The molecule has 0 aliphatic heterocycles. The van der Waals surface area contributed by atoms with Crippen molar-refractivity contribution in [3.8, 4) is 0 Å². The van der Waals surface area contributed by atoms with Gasteiger partial charge in [0.1, 0.15) is 12.0 Å². The molecule has 0 aliphatic rings. The summed E-state index contributed by atoms with van der Waals surface area (Å²) in [5.41, 5.74) is 0.944. The van der Waals surface area contributed by atoms with Gasteiger partial charge in [0.05, 0.1) is 4.92 Å². The molecule has 116 valence electrons. The number of aldehydes is 1. The fourth-order valence-corrected chi connectivity index (χ4v) is 2.57. The van der Waals surface area contributed by atoms with Crippen LogP contribution in [0, 0.1) is 16.0 Å². The van der Waals surface area contributed by atoms with E-state index in [4.69, 9.17) is 0 Å². The summed E-state index contributed by atoms with van der Waals surface area (Å²) in [7, 11) is 0. The van der Waals surface area contributed by atoms with Crippen LogP contribution in [-0.2, 0) is 0 Å². The van der Waals surface area contributed by atoms with Crippen LogP contribution in [0.5, 0.6) is 0 Å². The highest BCUT2D eigenvalue weighted by Crippen LogP contribution is 2.32. The highest BCUT2D eigenvalue weighted by Gasteiger charge is 2.25. The highest BCUT2D eigenvalue weighted by molar-refractivity contribution is 5.79. The van der Waals surface area contributed by atoms with E-state index in [0.29, 0.717) is 23.5 Å². The lowest BCUT2D eigenvalue weighted by molar-refractivity contribution is -0.384. The maximum absolute atomic E-state index is 11.3. The predicted molar refractivity (Wildman–Crippen MR) is 85.0 cm³/mol. The molecule has 0 saturated carbocycles. The number of hydrogen-bond donors (Lipinski definition) is 0. The van der Waals surface area contributed by atoms with Gasteiger partial charge in [0, 0.05) is 24.2 Å². The lowest BCUT2D eigenvalue weighted by atomic mass is 10.0. The van der Waals surface area contributed by atoms with Crippen molar-refractivity contribution in [2.75, 3.05) is 11.4 Å². The standard InChI is InChI=1S/C16H24N2O3/c1-5-14(6-2)17(10-12(3)4)15-8-7-13(11-19)9-16(15)18(20)21/h7-9,11-12,14H,5-6,10H2,1-4H3. The summed E-state index contributed by atoms with van der Waals surface area (Å²) in [6, 6.07) is 4.96. The largest absolute Gasteiger partial charge is 0.363 e. The van der Waals surface area contributed by atoms with Gasteiger partial charge >= 0.3 is 0 Å². The quantitative estimate of drug-likeness (QED) is 0.412. The first-order valence-corrected chi connectivity index (χ1v) is 7.44. The molecular weight excluding hydrogens is 268 g/mol. The third-order valence-electron chi connectivity index (χ3n) is 3.59. The molecule has 1 aromatic carbocycles. The van der Waals surface area contributed by atoms with E-state index >= 15 is 0 Å². The Morgan fingerprint density at radius 3 is 2.33 bits per heavy atom.